The van der Waals surface area contributed by atoms with Crippen LogP contribution in [0.1, 0.15) is 48.5 Å². The summed E-state index contributed by atoms with van der Waals surface area (Å²) in [6.07, 6.45) is 9.32. The molecule has 190 valence electrons. The monoisotopic (exact) mass is 508 g/mol. The first-order valence-electron chi connectivity index (χ1n) is 12.8. The van der Waals surface area contributed by atoms with Crippen molar-refractivity contribution in [1.82, 2.24) is 24.8 Å². The van der Waals surface area contributed by atoms with Gasteiger partial charge in [-0.25, -0.2) is 15.0 Å². The highest BCUT2D eigenvalue weighted by molar-refractivity contribution is 7.15. The number of thiazole rings is 1. The molecule has 6 rings (SSSR count). The van der Waals surface area contributed by atoms with Crippen molar-refractivity contribution in [2.75, 3.05) is 32.0 Å². The minimum absolute atomic E-state index is 0.0188. The standard InChI is InChI=1S/C26H32N6O3S/c1-4-5-17-13-27-25(36-17)30-19-12-15(2)28-22(29-19)16-7-10-32(11-8-16)23(33)20-18-6-9-26(35-18)14-31(3)24(34)21(20)26/h6,9,12-13,16,18,20-21H,4-5,7-8,10-11,14H2,1-3H3,(H,27,28,29,30)/t18-,20+,21-,26+/m1/s1. The van der Waals surface area contributed by atoms with E-state index in [0.29, 0.717) is 19.6 Å². The fourth-order valence-electron chi connectivity index (χ4n) is 6.22. The van der Waals surface area contributed by atoms with Crippen LogP contribution in [0.2, 0.25) is 0 Å². The molecule has 0 aliphatic carbocycles. The van der Waals surface area contributed by atoms with E-state index in [1.807, 2.05) is 36.2 Å². The topological polar surface area (TPSA) is 101 Å². The van der Waals surface area contributed by atoms with Crippen molar-refractivity contribution >= 4 is 34.1 Å². The van der Waals surface area contributed by atoms with Crippen molar-refractivity contribution in [2.45, 2.75) is 57.2 Å². The fraction of sp³-hybridized carbons (Fsp3) is 0.577. The molecule has 36 heavy (non-hydrogen) atoms. The summed E-state index contributed by atoms with van der Waals surface area (Å²) in [4.78, 5) is 45.3. The van der Waals surface area contributed by atoms with Gasteiger partial charge >= 0.3 is 0 Å². The first-order valence-corrected chi connectivity index (χ1v) is 13.7. The molecule has 0 unspecified atom stereocenters. The molecular weight excluding hydrogens is 476 g/mol. The Labute approximate surface area is 215 Å². The van der Waals surface area contributed by atoms with E-state index >= 15 is 0 Å². The van der Waals surface area contributed by atoms with Gasteiger partial charge in [0.2, 0.25) is 11.8 Å². The van der Waals surface area contributed by atoms with E-state index in [1.54, 1.807) is 23.3 Å². The van der Waals surface area contributed by atoms with Crippen molar-refractivity contribution in [3.8, 4) is 0 Å². The Morgan fingerprint density at radius 2 is 2.11 bits per heavy atom. The first kappa shape index (κ1) is 23.5. The van der Waals surface area contributed by atoms with Crippen LogP contribution in [0.25, 0.3) is 0 Å². The number of piperidine rings is 1. The summed E-state index contributed by atoms with van der Waals surface area (Å²) in [6.45, 7) is 5.93. The Balaban J connectivity index is 1.12. The second kappa shape index (κ2) is 8.92. The van der Waals surface area contributed by atoms with Gasteiger partial charge in [-0.2, -0.15) is 0 Å². The molecule has 9 nitrogen and oxygen atoms in total. The van der Waals surface area contributed by atoms with E-state index in [4.69, 9.17) is 14.7 Å². The zero-order chi connectivity index (χ0) is 25.0. The SMILES string of the molecule is CCCc1cnc(Nc2cc(C)nc(C3CCN(C(=O)[C@H]4[C@H]5C=C[C@@]6(CN(C)C(=O)[C@@H]46)O5)CC3)n2)s1. The average molecular weight is 509 g/mol. The minimum Gasteiger partial charge on any atom is -0.360 e. The molecule has 4 aliphatic rings. The average Bonchev–Trinajstić information content (AvgIpc) is 3.61. The number of carbonyl (C=O) groups excluding carboxylic acids is 2. The molecule has 2 amide bonds. The highest BCUT2D eigenvalue weighted by atomic mass is 32.1. The normalized spacial score (nSPS) is 29.3. The Morgan fingerprint density at radius 3 is 2.89 bits per heavy atom. The van der Waals surface area contributed by atoms with E-state index in [0.717, 1.165) is 48.2 Å². The molecule has 3 fully saturated rings. The van der Waals surface area contributed by atoms with Crippen LogP contribution in [0.3, 0.4) is 0 Å². The zero-order valence-electron chi connectivity index (χ0n) is 20.9. The molecule has 6 heterocycles. The minimum atomic E-state index is -0.622. The van der Waals surface area contributed by atoms with Crippen LogP contribution in [0.15, 0.2) is 24.4 Å². The Kier molecular flexibility index (Phi) is 5.83. The number of amides is 2. The van der Waals surface area contributed by atoms with Gasteiger partial charge in [-0.3, -0.25) is 9.59 Å². The molecule has 0 radical (unpaired) electrons. The van der Waals surface area contributed by atoms with E-state index in [9.17, 15) is 9.59 Å². The molecular formula is C26H32N6O3S. The van der Waals surface area contributed by atoms with Gasteiger partial charge in [0.25, 0.3) is 0 Å². The molecule has 2 bridgehead atoms. The van der Waals surface area contributed by atoms with Gasteiger partial charge in [-0.15, -0.1) is 11.3 Å². The van der Waals surface area contributed by atoms with Crippen LogP contribution in [0, 0.1) is 18.8 Å². The molecule has 10 heteroatoms. The maximum absolute atomic E-state index is 13.6. The molecule has 0 aromatic carbocycles. The second-order valence-electron chi connectivity index (χ2n) is 10.5. The maximum Gasteiger partial charge on any atom is 0.229 e. The summed E-state index contributed by atoms with van der Waals surface area (Å²) in [6, 6.07) is 1.94. The lowest BCUT2D eigenvalue weighted by Gasteiger charge is -2.35. The van der Waals surface area contributed by atoms with Crippen LogP contribution in [-0.4, -0.2) is 75.0 Å². The number of hydrogen-bond donors (Lipinski definition) is 1. The lowest BCUT2D eigenvalue weighted by Crippen LogP contribution is -2.48. The van der Waals surface area contributed by atoms with E-state index in [2.05, 4.69) is 17.2 Å². The Morgan fingerprint density at radius 1 is 1.31 bits per heavy atom. The summed E-state index contributed by atoms with van der Waals surface area (Å²) >= 11 is 1.66. The molecule has 0 saturated carbocycles. The van der Waals surface area contributed by atoms with Gasteiger partial charge in [-0.05, 0) is 26.2 Å². The molecule has 2 aromatic heterocycles. The number of rotatable bonds is 6. The number of ether oxygens (including phenoxy) is 1. The van der Waals surface area contributed by atoms with Gasteiger partial charge in [-0.1, -0.05) is 25.5 Å². The quantitative estimate of drug-likeness (QED) is 0.599. The van der Waals surface area contributed by atoms with Gasteiger partial charge < -0.3 is 19.9 Å². The van der Waals surface area contributed by atoms with Crippen LogP contribution in [0.4, 0.5) is 10.9 Å². The predicted molar refractivity (Wildman–Crippen MR) is 136 cm³/mol. The third kappa shape index (κ3) is 3.91. The van der Waals surface area contributed by atoms with Crippen LogP contribution in [-0.2, 0) is 20.7 Å². The molecule has 3 saturated heterocycles. The van der Waals surface area contributed by atoms with E-state index in [-0.39, 0.29) is 23.8 Å². The van der Waals surface area contributed by atoms with Crippen molar-refractivity contribution in [3.05, 3.63) is 40.8 Å². The summed E-state index contributed by atoms with van der Waals surface area (Å²) < 4.78 is 6.18. The van der Waals surface area contributed by atoms with Crippen LogP contribution >= 0.6 is 11.3 Å². The first-order chi connectivity index (χ1) is 17.4. The number of carbonyl (C=O) groups is 2. The smallest absolute Gasteiger partial charge is 0.229 e. The Hall–Kier alpha value is -2.85. The lowest BCUT2D eigenvalue weighted by atomic mass is 9.76. The number of aryl methyl sites for hydroxylation is 2. The summed E-state index contributed by atoms with van der Waals surface area (Å²) in [5, 5.41) is 4.19. The highest BCUT2D eigenvalue weighted by Crippen LogP contribution is 2.52. The number of nitrogens with zero attached hydrogens (tertiary/aromatic N) is 5. The fourth-order valence-corrected chi connectivity index (χ4v) is 7.14. The molecule has 1 N–H and O–H groups in total. The largest absolute Gasteiger partial charge is 0.360 e. The van der Waals surface area contributed by atoms with Crippen molar-refractivity contribution < 1.29 is 14.3 Å². The third-order valence-electron chi connectivity index (χ3n) is 7.90. The van der Waals surface area contributed by atoms with E-state index in [1.165, 1.54) is 4.88 Å². The second-order valence-corrected chi connectivity index (χ2v) is 11.6. The molecule has 1 spiro atoms. The number of anilines is 2. The van der Waals surface area contributed by atoms with Crippen molar-refractivity contribution in [2.24, 2.45) is 11.8 Å². The number of likely N-dealkylation sites (N-methyl/N-ethyl adjacent to an activating group) is 1. The van der Waals surface area contributed by atoms with Crippen LogP contribution < -0.4 is 5.32 Å². The summed E-state index contributed by atoms with van der Waals surface area (Å²) in [5.41, 5.74) is 0.286. The number of likely N-dealkylation sites (tertiary alicyclic amines) is 2. The zero-order valence-corrected chi connectivity index (χ0v) is 21.8. The van der Waals surface area contributed by atoms with Gasteiger partial charge in [0, 0.05) is 48.9 Å². The highest BCUT2D eigenvalue weighted by Gasteiger charge is 2.66. The number of aromatic nitrogens is 3. The van der Waals surface area contributed by atoms with Crippen molar-refractivity contribution in [1.29, 1.82) is 0 Å². The van der Waals surface area contributed by atoms with Crippen molar-refractivity contribution in [3.63, 3.8) is 0 Å². The number of nitrogens with one attached hydrogen (secondary N) is 1. The van der Waals surface area contributed by atoms with Gasteiger partial charge in [0.1, 0.15) is 17.2 Å². The van der Waals surface area contributed by atoms with E-state index < -0.39 is 17.4 Å². The third-order valence-corrected chi connectivity index (χ3v) is 8.88. The maximum atomic E-state index is 13.6. The molecule has 2 aromatic rings. The van der Waals surface area contributed by atoms with Gasteiger partial charge in [0.15, 0.2) is 5.13 Å². The van der Waals surface area contributed by atoms with Crippen LogP contribution in [0.5, 0.6) is 0 Å². The predicted octanol–water partition coefficient (Wildman–Crippen LogP) is 3.06. The molecule has 4 aliphatic heterocycles. The number of fused-ring (bicyclic) bond motifs is 1. The Bertz CT molecular complexity index is 1220. The number of hydrogen-bond acceptors (Lipinski definition) is 8. The molecule has 4 atom stereocenters. The lowest BCUT2D eigenvalue weighted by molar-refractivity contribution is -0.143. The van der Waals surface area contributed by atoms with Gasteiger partial charge in [0.05, 0.1) is 24.5 Å². The summed E-state index contributed by atoms with van der Waals surface area (Å²) in [7, 11) is 1.79. The summed E-state index contributed by atoms with van der Waals surface area (Å²) in [5.74, 6) is 0.985.